The number of primary amides is 1. The molecule has 1 aliphatic carbocycles. The molecule has 3 unspecified atom stereocenters. The molecule has 1 saturated heterocycles. The second-order valence-electron chi connectivity index (χ2n) is 5.10. The molecule has 0 aromatic carbocycles. The summed E-state index contributed by atoms with van der Waals surface area (Å²) in [4.78, 5) is 23.3. The van der Waals surface area contributed by atoms with Gasteiger partial charge in [0.25, 0.3) is 0 Å². The number of rotatable bonds is 3. The van der Waals surface area contributed by atoms with Gasteiger partial charge < -0.3 is 16.4 Å². The zero-order valence-corrected chi connectivity index (χ0v) is 10.1. The van der Waals surface area contributed by atoms with Crippen molar-refractivity contribution in [3.05, 3.63) is 0 Å². The van der Waals surface area contributed by atoms with Crippen molar-refractivity contribution in [1.82, 2.24) is 10.6 Å². The maximum Gasteiger partial charge on any atom is 0.224 e. The molecular weight excluding hydrogens is 218 g/mol. The number of nitrogens with two attached hydrogens (primary N) is 1. The molecule has 0 radical (unpaired) electrons. The lowest BCUT2D eigenvalue weighted by Gasteiger charge is -2.30. The minimum absolute atomic E-state index is 0.0469. The first kappa shape index (κ1) is 12.4. The third-order valence-electron chi connectivity index (χ3n) is 3.89. The highest BCUT2D eigenvalue weighted by atomic mass is 16.2. The van der Waals surface area contributed by atoms with Crippen LogP contribution in [-0.2, 0) is 9.59 Å². The van der Waals surface area contributed by atoms with Crippen molar-refractivity contribution in [1.29, 1.82) is 0 Å². The van der Waals surface area contributed by atoms with Crippen LogP contribution in [0, 0.1) is 11.8 Å². The van der Waals surface area contributed by atoms with E-state index in [0.717, 1.165) is 45.2 Å². The summed E-state index contributed by atoms with van der Waals surface area (Å²) in [5, 5.41) is 6.18. The Morgan fingerprint density at radius 3 is 2.59 bits per heavy atom. The maximum atomic E-state index is 12.0. The summed E-state index contributed by atoms with van der Waals surface area (Å²) in [6.45, 7) is 1.65. The van der Waals surface area contributed by atoms with Gasteiger partial charge in [0.15, 0.2) is 0 Å². The molecule has 2 rings (SSSR count). The van der Waals surface area contributed by atoms with Gasteiger partial charge in [0.1, 0.15) is 0 Å². The minimum Gasteiger partial charge on any atom is -0.369 e. The SMILES string of the molecule is NC(=O)C1CCCCC1NC(=O)C1CCNC1. The summed E-state index contributed by atoms with van der Waals surface area (Å²) < 4.78 is 0. The molecule has 1 heterocycles. The number of hydrogen-bond donors (Lipinski definition) is 3. The van der Waals surface area contributed by atoms with Gasteiger partial charge in [-0.2, -0.15) is 0 Å². The third kappa shape index (κ3) is 2.97. The van der Waals surface area contributed by atoms with Gasteiger partial charge >= 0.3 is 0 Å². The minimum atomic E-state index is -0.278. The molecule has 2 aliphatic rings. The topological polar surface area (TPSA) is 84.2 Å². The predicted octanol–water partition coefficient (Wildman–Crippen LogP) is -0.244. The number of carbonyl (C=O) groups excluding carboxylic acids is 2. The van der Waals surface area contributed by atoms with Crippen molar-refractivity contribution in [3.8, 4) is 0 Å². The van der Waals surface area contributed by atoms with E-state index in [1.165, 1.54) is 0 Å². The Labute approximate surface area is 102 Å². The molecule has 5 heteroatoms. The maximum absolute atomic E-state index is 12.0. The molecular formula is C12H21N3O2. The molecule has 2 amide bonds. The lowest BCUT2D eigenvalue weighted by Crippen LogP contribution is -2.48. The molecule has 0 spiro atoms. The van der Waals surface area contributed by atoms with E-state index in [4.69, 9.17) is 5.73 Å². The van der Waals surface area contributed by atoms with E-state index in [-0.39, 0.29) is 29.7 Å². The first-order valence-electron chi connectivity index (χ1n) is 6.49. The predicted molar refractivity (Wildman–Crippen MR) is 64.1 cm³/mol. The van der Waals surface area contributed by atoms with E-state index in [1.807, 2.05) is 0 Å². The van der Waals surface area contributed by atoms with Gasteiger partial charge in [0.05, 0.1) is 11.8 Å². The van der Waals surface area contributed by atoms with E-state index in [0.29, 0.717) is 0 Å². The Morgan fingerprint density at radius 1 is 1.18 bits per heavy atom. The summed E-state index contributed by atoms with van der Waals surface area (Å²) in [6.07, 6.45) is 4.67. The van der Waals surface area contributed by atoms with Crippen LogP contribution in [0.15, 0.2) is 0 Å². The van der Waals surface area contributed by atoms with E-state index >= 15 is 0 Å². The van der Waals surface area contributed by atoms with Crippen LogP contribution in [0.1, 0.15) is 32.1 Å². The lowest BCUT2D eigenvalue weighted by atomic mass is 9.83. The van der Waals surface area contributed by atoms with E-state index in [9.17, 15) is 9.59 Å². The molecule has 4 N–H and O–H groups in total. The fraction of sp³-hybridized carbons (Fsp3) is 0.833. The van der Waals surface area contributed by atoms with Crippen LogP contribution < -0.4 is 16.4 Å². The summed E-state index contributed by atoms with van der Waals surface area (Å²) in [6, 6.07) is -0.0469. The van der Waals surface area contributed by atoms with Crippen LogP contribution in [0.4, 0.5) is 0 Å². The van der Waals surface area contributed by atoms with Gasteiger partial charge in [-0.25, -0.2) is 0 Å². The van der Waals surface area contributed by atoms with Gasteiger partial charge in [-0.05, 0) is 25.8 Å². The molecule has 1 aliphatic heterocycles. The van der Waals surface area contributed by atoms with Crippen LogP contribution in [0.25, 0.3) is 0 Å². The third-order valence-corrected chi connectivity index (χ3v) is 3.89. The summed E-state index contributed by atoms with van der Waals surface area (Å²) >= 11 is 0. The van der Waals surface area contributed by atoms with Crippen LogP contribution in [0.5, 0.6) is 0 Å². The molecule has 96 valence electrons. The van der Waals surface area contributed by atoms with Crippen molar-refractivity contribution in [3.63, 3.8) is 0 Å². The molecule has 0 bridgehead atoms. The average molecular weight is 239 g/mol. The Balaban J connectivity index is 1.90. The molecule has 0 aromatic rings. The lowest BCUT2D eigenvalue weighted by molar-refractivity contribution is -0.128. The molecule has 2 fully saturated rings. The largest absolute Gasteiger partial charge is 0.369 e. The van der Waals surface area contributed by atoms with Crippen molar-refractivity contribution in [2.75, 3.05) is 13.1 Å². The highest BCUT2D eigenvalue weighted by molar-refractivity contribution is 5.82. The number of hydrogen-bond acceptors (Lipinski definition) is 3. The number of nitrogens with one attached hydrogen (secondary N) is 2. The van der Waals surface area contributed by atoms with Crippen molar-refractivity contribution < 1.29 is 9.59 Å². The van der Waals surface area contributed by atoms with E-state index in [2.05, 4.69) is 10.6 Å². The monoisotopic (exact) mass is 239 g/mol. The van der Waals surface area contributed by atoms with Gasteiger partial charge in [0, 0.05) is 12.6 Å². The van der Waals surface area contributed by atoms with Gasteiger partial charge in [-0.15, -0.1) is 0 Å². The fourth-order valence-corrected chi connectivity index (χ4v) is 2.82. The van der Waals surface area contributed by atoms with E-state index in [1.54, 1.807) is 0 Å². The summed E-state index contributed by atoms with van der Waals surface area (Å²) in [5.74, 6) is -0.319. The van der Waals surface area contributed by atoms with Crippen LogP contribution >= 0.6 is 0 Å². The highest BCUT2D eigenvalue weighted by Gasteiger charge is 2.32. The Morgan fingerprint density at radius 2 is 1.94 bits per heavy atom. The van der Waals surface area contributed by atoms with Gasteiger partial charge in [-0.3, -0.25) is 9.59 Å². The van der Waals surface area contributed by atoms with Gasteiger partial charge in [0.2, 0.25) is 11.8 Å². The normalized spacial score (nSPS) is 33.3. The smallest absolute Gasteiger partial charge is 0.224 e. The van der Waals surface area contributed by atoms with Crippen molar-refractivity contribution >= 4 is 11.8 Å². The standard InChI is InChI=1S/C12H21N3O2/c13-11(16)9-3-1-2-4-10(9)15-12(17)8-5-6-14-7-8/h8-10,14H,1-7H2,(H2,13,16)(H,15,17). The Kier molecular flexibility index (Phi) is 3.99. The first-order chi connectivity index (χ1) is 8.18. The van der Waals surface area contributed by atoms with Crippen LogP contribution in [0.2, 0.25) is 0 Å². The molecule has 17 heavy (non-hydrogen) atoms. The Hall–Kier alpha value is -1.10. The van der Waals surface area contributed by atoms with E-state index < -0.39 is 0 Å². The molecule has 1 saturated carbocycles. The zero-order valence-electron chi connectivity index (χ0n) is 10.1. The quantitative estimate of drug-likeness (QED) is 0.635. The summed E-state index contributed by atoms with van der Waals surface area (Å²) in [7, 11) is 0. The number of carbonyl (C=O) groups is 2. The molecule has 5 nitrogen and oxygen atoms in total. The van der Waals surface area contributed by atoms with Crippen LogP contribution in [0.3, 0.4) is 0 Å². The zero-order chi connectivity index (χ0) is 12.3. The van der Waals surface area contributed by atoms with Crippen molar-refractivity contribution in [2.45, 2.75) is 38.1 Å². The number of amides is 2. The average Bonchev–Trinajstić information content (AvgIpc) is 2.83. The fourth-order valence-electron chi connectivity index (χ4n) is 2.82. The second kappa shape index (κ2) is 5.49. The molecule has 0 aromatic heterocycles. The van der Waals surface area contributed by atoms with Gasteiger partial charge in [-0.1, -0.05) is 12.8 Å². The second-order valence-corrected chi connectivity index (χ2v) is 5.10. The Bertz CT molecular complexity index is 300. The first-order valence-corrected chi connectivity index (χ1v) is 6.49. The molecule has 3 atom stereocenters. The summed E-state index contributed by atoms with van der Waals surface area (Å²) in [5.41, 5.74) is 5.38. The van der Waals surface area contributed by atoms with Crippen molar-refractivity contribution in [2.24, 2.45) is 17.6 Å². The van der Waals surface area contributed by atoms with Crippen LogP contribution in [-0.4, -0.2) is 30.9 Å². The highest BCUT2D eigenvalue weighted by Crippen LogP contribution is 2.24.